The topological polar surface area (TPSA) is 119 Å². The number of nitrogens with one attached hydrogen (secondary N) is 1. The second-order valence-electron chi connectivity index (χ2n) is 11.9. The lowest BCUT2D eigenvalue weighted by atomic mass is 9.88. The normalized spacial score (nSPS) is 13.1. The van der Waals surface area contributed by atoms with E-state index < -0.39 is 5.97 Å². The molecule has 234 valence electrons. The van der Waals surface area contributed by atoms with Crippen molar-refractivity contribution in [3.63, 3.8) is 0 Å². The van der Waals surface area contributed by atoms with Crippen LogP contribution in [-0.2, 0) is 35.9 Å². The van der Waals surface area contributed by atoms with Crippen LogP contribution in [0.5, 0.6) is 11.8 Å². The van der Waals surface area contributed by atoms with Crippen LogP contribution >= 0.6 is 11.3 Å². The zero-order chi connectivity index (χ0) is 31.5. The summed E-state index contributed by atoms with van der Waals surface area (Å²) in [5.41, 5.74) is 5.64. The van der Waals surface area contributed by atoms with Gasteiger partial charge in [-0.3, -0.25) is 4.79 Å². The molecule has 0 aliphatic carbocycles. The van der Waals surface area contributed by atoms with Crippen LogP contribution < -0.4 is 14.8 Å². The first-order valence-corrected chi connectivity index (χ1v) is 15.9. The van der Waals surface area contributed by atoms with Gasteiger partial charge >= 0.3 is 5.97 Å². The Bertz CT molecular complexity index is 1480. The van der Waals surface area contributed by atoms with Crippen molar-refractivity contribution in [3.05, 3.63) is 87.3 Å². The van der Waals surface area contributed by atoms with Gasteiger partial charge in [0.1, 0.15) is 5.82 Å². The maximum Gasteiger partial charge on any atom is 0.303 e. The summed E-state index contributed by atoms with van der Waals surface area (Å²) < 4.78 is 10.1. The van der Waals surface area contributed by atoms with E-state index in [2.05, 4.69) is 48.2 Å². The van der Waals surface area contributed by atoms with E-state index in [9.17, 15) is 9.90 Å². The highest BCUT2D eigenvalue weighted by molar-refractivity contribution is 7.09. The lowest BCUT2D eigenvalue weighted by Gasteiger charge is -2.18. The molecular formula is C34H43N5O4S. The molecule has 1 aliphatic heterocycles. The summed E-state index contributed by atoms with van der Waals surface area (Å²) in [5, 5.41) is 15.9. The quantitative estimate of drug-likeness (QED) is 0.190. The van der Waals surface area contributed by atoms with Gasteiger partial charge in [0.05, 0.1) is 31.3 Å². The largest absolute Gasteiger partial charge is 0.481 e. The number of aromatic nitrogens is 4. The lowest BCUT2D eigenvalue weighted by Crippen LogP contribution is -2.14. The lowest BCUT2D eigenvalue weighted by molar-refractivity contribution is -0.137. The van der Waals surface area contributed by atoms with Crippen LogP contribution in [0.15, 0.2) is 54.2 Å². The minimum absolute atomic E-state index is 0.0406. The van der Waals surface area contributed by atoms with Gasteiger partial charge in [0.25, 0.3) is 0 Å². The van der Waals surface area contributed by atoms with E-state index in [0.717, 1.165) is 60.0 Å². The number of thiazole rings is 1. The Hall–Kier alpha value is -4.05. The Morgan fingerprint density at radius 2 is 1.73 bits per heavy atom. The number of methoxy groups -OCH3 is 2. The molecule has 0 aromatic carbocycles. The van der Waals surface area contributed by atoms with Crippen molar-refractivity contribution in [2.24, 2.45) is 0 Å². The number of pyridine rings is 3. The number of carboxylic acids is 1. The van der Waals surface area contributed by atoms with E-state index in [0.29, 0.717) is 18.2 Å². The highest BCUT2D eigenvalue weighted by Crippen LogP contribution is 2.27. The van der Waals surface area contributed by atoms with Crippen molar-refractivity contribution in [1.29, 1.82) is 0 Å². The van der Waals surface area contributed by atoms with E-state index in [1.807, 2.05) is 29.8 Å². The number of fused-ring (bicyclic) bond motifs is 1. The highest BCUT2D eigenvalue weighted by Gasteiger charge is 2.19. The minimum Gasteiger partial charge on any atom is -0.481 e. The molecule has 4 aromatic heterocycles. The molecule has 0 amide bonds. The van der Waals surface area contributed by atoms with E-state index in [-0.39, 0.29) is 17.8 Å². The van der Waals surface area contributed by atoms with Crippen molar-refractivity contribution < 1.29 is 19.4 Å². The predicted molar refractivity (Wildman–Crippen MR) is 174 cm³/mol. The van der Waals surface area contributed by atoms with Gasteiger partial charge in [-0.1, -0.05) is 39.0 Å². The molecule has 0 saturated heterocycles. The molecule has 44 heavy (non-hydrogen) atoms. The molecular weight excluding hydrogens is 574 g/mol. The fourth-order valence-electron chi connectivity index (χ4n) is 4.96. The number of hydrogen-bond donors (Lipinski definition) is 2. The van der Waals surface area contributed by atoms with Crippen LogP contribution in [0.3, 0.4) is 0 Å². The monoisotopic (exact) mass is 617 g/mol. The number of anilines is 1. The maximum absolute atomic E-state index is 11.4. The number of aryl methyl sites for hydroxylation is 3. The molecule has 0 fully saturated rings. The van der Waals surface area contributed by atoms with Gasteiger partial charge in [0.2, 0.25) is 11.8 Å². The average molecular weight is 618 g/mol. The predicted octanol–water partition coefficient (Wildman–Crippen LogP) is 6.66. The number of ether oxygens (including phenoxy) is 2. The van der Waals surface area contributed by atoms with Crippen LogP contribution in [0, 0.1) is 0 Å². The summed E-state index contributed by atoms with van der Waals surface area (Å²) in [5.74, 6) is 1.23. The SMILES string of the molecule is COc1ccc(C(C)(C)C)cn1.COc1ccc([C@H](CC(=O)O)Cc2csc(CCCc3ccc4c(n3)NCCC4)n2)cn1. The molecule has 9 nitrogen and oxygen atoms in total. The fraction of sp³-hybridized carbons (Fsp3) is 0.441. The first kappa shape index (κ1) is 32.9. The van der Waals surface area contributed by atoms with Gasteiger partial charge in [-0.15, -0.1) is 11.3 Å². The van der Waals surface area contributed by atoms with Gasteiger partial charge in [0.15, 0.2) is 0 Å². The Morgan fingerprint density at radius 1 is 0.977 bits per heavy atom. The van der Waals surface area contributed by atoms with Gasteiger partial charge in [-0.2, -0.15) is 0 Å². The smallest absolute Gasteiger partial charge is 0.303 e. The highest BCUT2D eigenvalue weighted by atomic mass is 32.1. The minimum atomic E-state index is -0.826. The van der Waals surface area contributed by atoms with Gasteiger partial charge in [-0.05, 0) is 66.7 Å². The number of aliphatic carboxylic acids is 1. The molecule has 5 rings (SSSR count). The van der Waals surface area contributed by atoms with E-state index >= 15 is 0 Å². The molecule has 0 bridgehead atoms. The number of carbonyl (C=O) groups is 1. The second kappa shape index (κ2) is 15.6. The Kier molecular flexibility index (Phi) is 11.7. The first-order chi connectivity index (χ1) is 21.1. The summed E-state index contributed by atoms with van der Waals surface area (Å²) in [6.07, 6.45) is 9.25. The zero-order valence-corrected chi connectivity index (χ0v) is 27.1. The Morgan fingerprint density at radius 3 is 2.36 bits per heavy atom. The number of hydrogen-bond acceptors (Lipinski definition) is 9. The average Bonchev–Trinajstić information content (AvgIpc) is 3.47. The number of rotatable bonds is 11. The first-order valence-electron chi connectivity index (χ1n) is 15.0. The Balaban J connectivity index is 0.000000309. The van der Waals surface area contributed by atoms with Crippen molar-refractivity contribution in [1.82, 2.24) is 19.9 Å². The fourth-order valence-corrected chi connectivity index (χ4v) is 5.81. The van der Waals surface area contributed by atoms with Crippen molar-refractivity contribution in [3.8, 4) is 11.8 Å². The van der Waals surface area contributed by atoms with E-state index in [1.54, 1.807) is 37.8 Å². The third-order valence-corrected chi connectivity index (χ3v) is 8.46. The molecule has 4 aromatic rings. The van der Waals surface area contributed by atoms with Gasteiger partial charge in [0, 0.05) is 48.1 Å². The van der Waals surface area contributed by atoms with Gasteiger partial charge < -0.3 is 19.9 Å². The number of nitrogens with zero attached hydrogens (tertiary/aromatic N) is 4. The van der Waals surface area contributed by atoms with Crippen LogP contribution in [0.25, 0.3) is 0 Å². The van der Waals surface area contributed by atoms with Crippen LogP contribution in [0.2, 0.25) is 0 Å². The molecule has 0 spiro atoms. The summed E-state index contributed by atoms with van der Waals surface area (Å²) >= 11 is 1.64. The third-order valence-electron chi connectivity index (χ3n) is 7.50. The summed E-state index contributed by atoms with van der Waals surface area (Å²) in [7, 11) is 3.19. The Labute approximate surface area is 264 Å². The van der Waals surface area contributed by atoms with E-state index in [4.69, 9.17) is 19.4 Å². The van der Waals surface area contributed by atoms with Gasteiger partial charge in [-0.25, -0.2) is 19.9 Å². The molecule has 0 radical (unpaired) electrons. The molecule has 5 heterocycles. The molecule has 0 unspecified atom stereocenters. The van der Waals surface area contributed by atoms with Crippen molar-refractivity contribution in [2.45, 2.75) is 77.0 Å². The van der Waals surface area contributed by atoms with Crippen molar-refractivity contribution in [2.75, 3.05) is 26.1 Å². The van der Waals surface area contributed by atoms with Crippen molar-refractivity contribution >= 4 is 23.1 Å². The number of carboxylic acid groups (broad SMARTS) is 1. The standard InChI is InChI=1S/C24H28N4O3S.C10H15NO/c1-31-21-10-8-17(14-26-21)18(13-23(29)30)12-20-15-32-22(27-20)6-2-5-19-9-7-16-4-3-11-25-24(16)28-19;1-10(2,3)8-5-6-9(12-4)11-7-8/h7-10,14-15,18H,2-6,11-13H2,1H3,(H,25,28)(H,29,30);5-7H,1-4H3/t18-;/m0./s1. The molecule has 2 N–H and O–H groups in total. The maximum atomic E-state index is 11.4. The molecule has 1 atom stereocenters. The molecule has 1 aliphatic rings. The van der Waals surface area contributed by atoms with Crippen LogP contribution in [0.4, 0.5) is 5.82 Å². The summed E-state index contributed by atoms with van der Waals surface area (Å²) in [4.78, 5) is 29.3. The molecule has 0 saturated carbocycles. The van der Waals surface area contributed by atoms with Crippen LogP contribution in [0.1, 0.15) is 79.0 Å². The zero-order valence-electron chi connectivity index (χ0n) is 26.3. The summed E-state index contributed by atoms with van der Waals surface area (Å²) in [6.45, 7) is 7.49. The van der Waals surface area contributed by atoms with Crippen LogP contribution in [-0.4, -0.2) is 51.8 Å². The van der Waals surface area contributed by atoms with E-state index in [1.165, 1.54) is 17.5 Å². The second-order valence-corrected chi connectivity index (χ2v) is 12.8. The third kappa shape index (κ3) is 9.74. The molecule has 10 heteroatoms. The summed E-state index contributed by atoms with van der Waals surface area (Å²) in [6, 6.07) is 11.9.